The third-order valence-corrected chi connectivity index (χ3v) is 13.0. The van der Waals surface area contributed by atoms with Crippen LogP contribution in [0.15, 0.2) is 121 Å². The van der Waals surface area contributed by atoms with Gasteiger partial charge in [-0.1, -0.05) is 161 Å². The number of amides is 5. The number of likely N-dealkylation sites (N-methyl/N-ethyl adjacent to an activating group) is 2. The second-order valence-electron chi connectivity index (χ2n) is 16.1. The molecule has 5 amide bonds. The second kappa shape index (κ2) is 23.5. The highest BCUT2D eigenvalue weighted by molar-refractivity contribution is 8.00. The van der Waals surface area contributed by atoms with Crippen LogP contribution in [0.25, 0.3) is 0 Å². The average molecular weight is 860 g/mol. The molecule has 4 aromatic rings. The van der Waals surface area contributed by atoms with E-state index in [0.717, 1.165) is 41.5 Å². The first kappa shape index (κ1) is 47.3. The molecular weight excluding hydrogens is 799 g/mol. The predicted molar refractivity (Wildman–Crippen MR) is 245 cm³/mol. The van der Waals surface area contributed by atoms with Crippen LogP contribution < -0.4 is 16.0 Å². The number of nitrogens with zero attached hydrogens (tertiary/aromatic N) is 2. The number of carbonyl (C=O) groups excluding carboxylic acids is 6. The van der Waals surface area contributed by atoms with Gasteiger partial charge >= 0.3 is 0 Å². The lowest BCUT2D eigenvalue weighted by atomic mass is 9.84. The van der Waals surface area contributed by atoms with Crippen LogP contribution in [-0.2, 0) is 39.9 Å². The van der Waals surface area contributed by atoms with Crippen molar-refractivity contribution in [1.29, 1.82) is 0 Å². The summed E-state index contributed by atoms with van der Waals surface area (Å²) in [6, 6.07) is 36.1. The smallest absolute Gasteiger partial charge is 0.246 e. The van der Waals surface area contributed by atoms with E-state index in [0.29, 0.717) is 19.3 Å². The Bertz CT molecular complexity index is 1990. The number of unbranched alkanes of at least 4 members (excludes halogenated alkanes) is 3. The zero-order valence-electron chi connectivity index (χ0n) is 36.4. The predicted octanol–water partition coefficient (Wildman–Crippen LogP) is 6.30. The molecule has 0 radical (unpaired) electrons. The molecule has 3 N–H and O–H groups in total. The molecule has 0 aliphatic carbocycles. The van der Waals surface area contributed by atoms with Crippen molar-refractivity contribution in [2.24, 2.45) is 5.92 Å². The van der Waals surface area contributed by atoms with E-state index in [-0.39, 0.29) is 37.5 Å². The molecule has 0 unspecified atom stereocenters. The Morgan fingerprint density at radius 3 is 1.61 bits per heavy atom. The Hall–Kier alpha value is -5.75. The van der Waals surface area contributed by atoms with Crippen molar-refractivity contribution in [3.63, 3.8) is 0 Å². The highest BCUT2D eigenvalue weighted by atomic mass is 32.2. The van der Waals surface area contributed by atoms with Gasteiger partial charge in [0.2, 0.25) is 29.5 Å². The topological polar surface area (TPSA) is 145 Å². The molecular formula is C50H61N5O6S. The van der Waals surface area contributed by atoms with Crippen molar-refractivity contribution in [1.82, 2.24) is 25.8 Å². The first-order valence-corrected chi connectivity index (χ1v) is 22.7. The molecule has 4 atom stereocenters. The summed E-state index contributed by atoms with van der Waals surface area (Å²) in [5.74, 6) is -3.52. The molecule has 1 saturated heterocycles. The molecule has 0 bridgehead atoms. The van der Waals surface area contributed by atoms with Crippen LogP contribution in [0.2, 0.25) is 0 Å². The fraction of sp³-hybridized carbons (Fsp3) is 0.400. The molecule has 0 aromatic heterocycles. The van der Waals surface area contributed by atoms with Crippen molar-refractivity contribution < 1.29 is 28.8 Å². The number of hydrogen-bond donors (Lipinski definition) is 3. The molecule has 1 aliphatic heterocycles. The highest BCUT2D eigenvalue weighted by Crippen LogP contribution is 2.48. The zero-order chi connectivity index (χ0) is 44.5. The maximum Gasteiger partial charge on any atom is 0.246 e. The van der Waals surface area contributed by atoms with E-state index in [1.54, 1.807) is 6.92 Å². The largest absolute Gasteiger partial charge is 0.344 e. The Balaban J connectivity index is 1.50. The van der Waals surface area contributed by atoms with Crippen LogP contribution >= 0.6 is 11.8 Å². The van der Waals surface area contributed by atoms with Gasteiger partial charge in [0.05, 0.1) is 17.8 Å². The lowest BCUT2D eigenvalue weighted by molar-refractivity contribution is -0.141. The van der Waals surface area contributed by atoms with E-state index in [1.807, 2.05) is 121 Å². The lowest BCUT2D eigenvalue weighted by Crippen LogP contribution is -2.57. The van der Waals surface area contributed by atoms with Gasteiger partial charge in [-0.25, -0.2) is 0 Å². The Kier molecular flexibility index (Phi) is 17.9. The minimum atomic E-state index is -1.11. The summed E-state index contributed by atoms with van der Waals surface area (Å²) in [5.41, 5.74) is 3.71. The normalized spacial score (nSPS) is 20.2. The van der Waals surface area contributed by atoms with Gasteiger partial charge in [-0.2, -0.15) is 0 Å². The van der Waals surface area contributed by atoms with Gasteiger partial charge in [-0.3, -0.25) is 28.8 Å². The van der Waals surface area contributed by atoms with Crippen molar-refractivity contribution in [3.8, 4) is 0 Å². The fourth-order valence-electron chi connectivity index (χ4n) is 7.97. The van der Waals surface area contributed by atoms with Crippen molar-refractivity contribution in [2.45, 2.75) is 88.1 Å². The summed E-state index contributed by atoms with van der Waals surface area (Å²) >= 11 is 1.49. The molecule has 328 valence electrons. The van der Waals surface area contributed by atoms with Crippen LogP contribution in [-0.4, -0.2) is 96.2 Å². The first-order chi connectivity index (χ1) is 30.0. The van der Waals surface area contributed by atoms with E-state index >= 15 is 0 Å². The number of rotatable bonds is 14. The fourth-order valence-corrected chi connectivity index (χ4v) is 9.53. The summed E-state index contributed by atoms with van der Waals surface area (Å²) in [4.78, 5) is 87.1. The molecule has 1 heterocycles. The van der Waals surface area contributed by atoms with Crippen LogP contribution in [0.5, 0.6) is 0 Å². The van der Waals surface area contributed by atoms with Crippen LogP contribution in [0.3, 0.4) is 0 Å². The number of benzene rings is 4. The SMILES string of the molecule is CCCCCC[C@@H]1NC(=O)[C@H](Cc2ccccc2)NC(=O)[C@H](CC)CC(=O)CN(C)C(=O)[C@H](CSC(c2ccccc2)(c2ccccc2)c2ccccc2)NC(=O)CN(C)C1=O. The standard InChI is InChI=1S/C50H61N5O6S/c1-5-7-8-21-30-42-48(60)55(4)34-45(57)51-44(35-62-50(38-24-15-10-16-25-38,39-26-17-11-18-27-39)40-28-19-12-20-29-40)49(61)54(3)33-41(56)32-37(6-2)46(58)53-43(47(59)52-42)31-36-22-13-9-14-23-36/h9-20,22-29,37,42-44H,5-8,21,30-35H2,1-4H3,(H,51,57)(H,52,59)(H,53,58)/t37-,42+,43+,44+/m1/s1. The van der Waals surface area contributed by atoms with Gasteiger partial charge in [0.15, 0.2) is 5.78 Å². The van der Waals surface area contributed by atoms with Gasteiger partial charge in [-0.15, -0.1) is 11.8 Å². The molecule has 1 fully saturated rings. The maximum atomic E-state index is 14.5. The summed E-state index contributed by atoms with van der Waals surface area (Å²) in [6.07, 6.45) is 4.09. The molecule has 11 nitrogen and oxygen atoms in total. The quantitative estimate of drug-likeness (QED) is 0.0999. The summed E-state index contributed by atoms with van der Waals surface area (Å²) < 4.78 is -0.814. The van der Waals surface area contributed by atoms with E-state index in [9.17, 15) is 28.8 Å². The van der Waals surface area contributed by atoms with E-state index < -0.39 is 58.3 Å². The third-order valence-electron chi connectivity index (χ3n) is 11.4. The Morgan fingerprint density at radius 1 is 0.581 bits per heavy atom. The molecule has 1 aliphatic rings. The third kappa shape index (κ3) is 12.7. The summed E-state index contributed by atoms with van der Waals surface area (Å²) in [6.45, 7) is 3.20. The van der Waals surface area contributed by atoms with Gasteiger partial charge in [0.1, 0.15) is 18.1 Å². The molecule has 12 heteroatoms. The minimum absolute atomic E-state index is 0.0956. The van der Waals surface area contributed by atoms with E-state index in [2.05, 4.69) is 22.9 Å². The van der Waals surface area contributed by atoms with Crippen LogP contribution in [0.4, 0.5) is 0 Å². The summed E-state index contributed by atoms with van der Waals surface area (Å²) in [5, 5.41) is 8.75. The van der Waals surface area contributed by atoms with Gasteiger partial charge in [0.25, 0.3) is 0 Å². The van der Waals surface area contributed by atoms with Crippen molar-refractivity contribution >= 4 is 47.1 Å². The minimum Gasteiger partial charge on any atom is -0.344 e. The monoisotopic (exact) mass is 859 g/mol. The average Bonchev–Trinajstić information content (AvgIpc) is 3.29. The number of thioether (sulfide) groups is 1. The summed E-state index contributed by atoms with van der Waals surface area (Å²) in [7, 11) is 3.02. The lowest BCUT2D eigenvalue weighted by Gasteiger charge is -2.37. The Morgan fingerprint density at radius 2 is 1.08 bits per heavy atom. The molecule has 0 spiro atoms. The van der Waals surface area contributed by atoms with Crippen molar-refractivity contribution in [2.75, 3.05) is 32.9 Å². The second-order valence-corrected chi connectivity index (χ2v) is 17.3. The van der Waals surface area contributed by atoms with E-state index in [1.165, 1.54) is 35.7 Å². The molecule has 5 rings (SSSR count). The highest BCUT2D eigenvalue weighted by Gasteiger charge is 2.40. The van der Waals surface area contributed by atoms with Crippen LogP contribution in [0, 0.1) is 5.92 Å². The number of nitrogens with one attached hydrogen (secondary N) is 3. The Labute approximate surface area is 370 Å². The first-order valence-electron chi connectivity index (χ1n) is 21.7. The molecule has 0 saturated carbocycles. The molecule has 4 aromatic carbocycles. The van der Waals surface area contributed by atoms with Gasteiger partial charge < -0.3 is 25.8 Å². The number of hydrogen-bond acceptors (Lipinski definition) is 7. The van der Waals surface area contributed by atoms with Crippen molar-refractivity contribution in [3.05, 3.63) is 144 Å². The van der Waals surface area contributed by atoms with E-state index in [4.69, 9.17) is 0 Å². The number of ketones is 1. The van der Waals surface area contributed by atoms with Gasteiger partial charge in [0, 0.05) is 38.6 Å². The van der Waals surface area contributed by atoms with Crippen LogP contribution in [0.1, 0.15) is 81.0 Å². The number of Topliss-reactive ketones (excluding diaryl/α,β-unsaturated/α-hetero) is 1. The maximum absolute atomic E-state index is 14.5. The zero-order valence-corrected chi connectivity index (χ0v) is 37.2. The number of carbonyl (C=O) groups is 6. The molecule has 62 heavy (non-hydrogen) atoms. The van der Waals surface area contributed by atoms with Gasteiger partial charge in [-0.05, 0) is 35.1 Å².